The van der Waals surface area contributed by atoms with Crippen LogP contribution in [-0.4, -0.2) is 42.6 Å². The summed E-state index contributed by atoms with van der Waals surface area (Å²) >= 11 is 0. The molecule has 1 heterocycles. The van der Waals surface area contributed by atoms with Crippen molar-refractivity contribution >= 4 is 28.7 Å². The Balaban J connectivity index is 1.58. The molecule has 0 saturated heterocycles. The Bertz CT molecular complexity index is 838. The molecular formula is C21H26N2O5. The van der Waals surface area contributed by atoms with Gasteiger partial charge in [-0.1, -0.05) is 37.5 Å². The lowest BCUT2D eigenvalue weighted by Gasteiger charge is -2.20. The van der Waals surface area contributed by atoms with Crippen molar-refractivity contribution in [3.63, 3.8) is 0 Å². The fourth-order valence-electron chi connectivity index (χ4n) is 3.68. The summed E-state index contributed by atoms with van der Waals surface area (Å²) in [6, 6.07) is 6.86. The number of rotatable bonds is 7. The van der Waals surface area contributed by atoms with Crippen LogP contribution in [0.2, 0.25) is 0 Å². The van der Waals surface area contributed by atoms with E-state index in [-0.39, 0.29) is 18.3 Å². The van der Waals surface area contributed by atoms with Gasteiger partial charge in [-0.25, -0.2) is 4.79 Å². The average Bonchev–Trinajstić information content (AvgIpc) is 3.14. The molecule has 0 unspecified atom stereocenters. The zero-order valence-corrected chi connectivity index (χ0v) is 16.0. The summed E-state index contributed by atoms with van der Waals surface area (Å²) in [7, 11) is 1.28. The van der Waals surface area contributed by atoms with E-state index < -0.39 is 24.5 Å². The molecule has 28 heavy (non-hydrogen) atoms. The summed E-state index contributed by atoms with van der Waals surface area (Å²) in [5, 5.41) is 3.61. The summed E-state index contributed by atoms with van der Waals surface area (Å²) in [4.78, 5) is 39.6. The Morgan fingerprint density at radius 1 is 1.18 bits per heavy atom. The Hall–Kier alpha value is -2.83. The van der Waals surface area contributed by atoms with Gasteiger partial charge >= 0.3 is 11.9 Å². The zero-order chi connectivity index (χ0) is 19.9. The SMILES string of the molecule is COC(=O)[C@@H](Cc1c[nH]c2ccccc12)NC(=O)COC(=O)C1CCCCC1. The highest BCUT2D eigenvalue weighted by molar-refractivity contribution is 5.88. The Morgan fingerprint density at radius 3 is 2.68 bits per heavy atom. The highest BCUT2D eigenvalue weighted by atomic mass is 16.5. The molecule has 0 aliphatic heterocycles. The molecule has 2 N–H and O–H groups in total. The number of esters is 2. The largest absolute Gasteiger partial charge is 0.467 e. The van der Waals surface area contributed by atoms with E-state index in [1.807, 2.05) is 30.5 Å². The third-order valence-electron chi connectivity index (χ3n) is 5.20. The van der Waals surface area contributed by atoms with Crippen molar-refractivity contribution in [1.29, 1.82) is 0 Å². The summed E-state index contributed by atoms with van der Waals surface area (Å²) in [5.74, 6) is -1.51. The fraction of sp³-hybridized carbons (Fsp3) is 0.476. The van der Waals surface area contributed by atoms with Crippen LogP contribution in [0.5, 0.6) is 0 Å². The number of fused-ring (bicyclic) bond motifs is 1. The number of hydrogen-bond donors (Lipinski definition) is 2. The maximum absolute atomic E-state index is 12.2. The number of amides is 1. The van der Waals surface area contributed by atoms with Crippen LogP contribution in [0.1, 0.15) is 37.7 Å². The van der Waals surface area contributed by atoms with Gasteiger partial charge in [0.2, 0.25) is 0 Å². The topological polar surface area (TPSA) is 97.5 Å². The van der Waals surface area contributed by atoms with E-state index >= 15 is 0 Å². The molecule has 0 radical (unpaired) electrons. The molecule has 1 aliphatic carbocycles. The van der Waals surface area contributed by atoms with Gasteiger partial charge in [0.25, 0.3) is 5.91 Å². The van der Waals surface area contributed by atoms with Gasteiger partial charge in [-0.15, -0.1) is 0 Å². The van der Waals surface area contributed by atoms with Crippen LogP contribution >= 0.6 is 0 Å². The van der Waals surface area contributed by atoms with Gasteiger partial charge in [-0.05, 0) is 24.5 Å². The highest BCUT2D eigenvalue weighted by Gasteiger charge is 2.26. The van der Waals surface area contributed by atoms with Gasteiger partial charge < -0.3 is 19.8 Å². The van der Waals surface area contributed by atoms with Crippen LogP contribution in [0, 0.1) is 5.92 Å². The summed E-state index contributed by atoms with van der Waals surface area (Å²) in [6.07, 6.45) is 6.88. The van der Waals surface area contributed by atoms with Gasteiger partial charge in [0.1, 0.15) is 6.04 Å². The second-order valence-electron chi connectivity index (χ2n) is 7.15. The monoisotopic (exact) mass is 386 g/mol. The predicted molar refractivity (Wildman–Crippen MR) is 103 cm³/mol. The summed E-state index contributed by atoms with van der Waals surface area (Å²) in [6.45, 7) is -0.392. The third kappa shape index (κ3) is 4.91. The van der Waals surface area contributed by atoms with Gasteiger partial charge in [0, 0.05) is 23.5 Å². The lowest BCUT2D eigenvalue weighted by molar-refractivity contribution is -0.154. The van der Waals surface area contributed by atoms with Crippen molar-refractivity contribution in [1.82, 2.24) is 10.3 Å². The van der Waals surface area contributed by atoms with Crippen LogP contribution in [-0.2, 0) is 30.3 Å². The van der Waals surface area contributed by atoms with Crippen molar-refractivity contribution in [2.45, 2.75) is 44.6 Å². The first-order valence-electron chi connectivity index (χ1n) is 9.67. The quantitative estimate of drug-likeness (QED) is 0.713. The maximum atomic E-state index is 12.2. The molecular weight excluding hydrogens is 360 g/mol. The Morgan fingerprint density at radius 2 is 1.93 bits per heavy atom. The Labute approximate surface area is 163 Å². The number of para-hydroxylation sites is 1. The van der Waals surface area contributed by atoms with Gasteiger partial charge in [-0.3, -0.25) is 9.59 Å². The Kier molecular flexibility index (Phi) is 6.68. The first-order chi connectivity index (χ1) is 13.6. The second kappa shape index (κ2) is 9.39. The molecule has 1 aliphatic rings. The summed E-state index contributed by atoms with van der Waals surface area (Å²) < 4.78 is 9.98. The van der Waals surface area contributed by atoms with E-state index in [4.69, 9.17) is 9.47 Å². The van der Waals surface area contributed by atoms with Crippen molar-refractivity contribution < 1.29 is 23.9 Å². The number of aromatic nitrogens is 1. The van der Waals surface area contributed by atoms with Gasteiger partial charge in [0.05, 0.1) is 13.0 Å². The smallest absolute Gasteiger partial charge is 0.328 e. The van der Waals surface area contributed by atoms with Crippen molar-refractivity contribution in [3.05, 3.63) is 36.0 Å². The predicted octanol–water partition coefficient (Wildman–Crippen LogP) is 2.49. The number of aromatic amines is 1. The van der Waals surface area contributed by atoms with E-state index in [1.165, 1.54) is 7.11 Å². The number of methoxy groups -OCH3 is 1. The van der Waals surface area contributed by atoms with E-state index in [0.29, 0.717) is 0 Å². The molecule has 1 fully saturated rings. The number of carbonyl (C=O) groups is 3. The van der Waals surface area contributed by atoms with Crippen LogP contribution in [0.15, 0.2) is 30.5 Å². The van der Waals surface area contributed by atoms with Crippen LogP contribution in [0.4, 0.5) is 0 Å². The molecule has 3 rings (SSSR count). The van der Waals surface area contributed by atoms with Crippen molar-refractivity contribution in [3.8, 4) is 0 Å². The lowest BCUT2D eigenvalue weighted by atomic mass is 9.89. The second-order valence-corrected chi connectivity index (χ2v) is 7.15. The molecule has 7 heteroatoms. The highest BCUT2D eigenvalue weighted by Crippen LogP contribution is 2.24. The van der Waals surface area contributed by atoms with E-state index in [0.717, 1.165) is 48.6 Å². The molecule has 1 aromatic heterocycles. The lowest BCUT2D eigenvalue weighted by Crippen LogP contribution is -2.44. The number of H-pyrrole nitrogens is 1. The fourth-order valence-corrected chi connectivity index (χ4v) is 3.68. The number of ether oxygens (including phenoxy) is 2. The van der Waals surface area contributed by atoms with Crippen LogP contribution in [0.3, 0.4) is 0 Å². The third-order valence-corrected chi connectivity index (χ3v) is 5.20. The first kappa shape index (κ1) is 19.9. The van der Waals surface area contributed by atoms with Crippen LogP contribution in [0.25, 0.3) is 10.9 Å². The maximum Gasteiger partial charge on any atom is 0.328 e. The molecule has 150 valence electrons. The molecule has 1 amide bonds. The first-order valence-corrected chi connectivity index (χ1v) is 9.67. The molecule has 7 nitrogen and oxygen atoms in total. The minimum absolute atomic E-state index is 0.121. The molecule has 1 aromatic carbocycles. The number of benzene rings is 1. The molecule has 0 spiro atoms. The molecule has 1 saturated carbocycles. The van der Waals surface area contributed by atoms with E-state index in [9.17, 15) is 14.4 Å². The number of nitrogens with one attached hydrogen (secondary N) is 2. The molecule has 1 atom stereocenters. The van der Waals surface area contributed by atoms with Crippen molar-refractivity contribution in [2.75, 3.05) is 13.7 Å². The van der Waals surface area contributed by atoms with Gasteiger partial charge in [0.15, 0.2) is 6.61 Å². The molecule has 0 bridgehead atoms. The normalized spacial score (nSPS) is 15.8. The number of hydrogen-bond acceptors (Lipinski definition) is 5. The standard InChI is InChI=1S/C21H26N2O5/c1-27-21(26)18(11-15-12-22-17-10-6-5-9-16(15)17)23-19(24)13-28-20(25)14-7-3-2-4-8-14/h5-6,9-10,12,14,18,22H,2-4,7-8,11,13H2,1H3,(H,23,24)/t18-/m1/s1. The minimum Gasteiger partial charge on any atom is -0.467 e. The van der Waals surface area contributed by atoms with Gasteiger partial charge in [-0.2, -0.15) is 0 Å². The van der Waals surface area contributed by atoms with E-state index in [1.54, 1.807) is 0 Å². The van der Waals surface area contributed by atoms with Crippen LogP contribution < -0.4 is 5.32 Å². The molecule has 2 aromatic rings. The van der Waals surface area contributed by atoms with Crippen molar-refractivity contribution in [2.24, 2.45) is 5.92 Å². The summed E-state index contributed by atoms with van der Waals surface area (Å²) in [5.41, 5.74) is 1.85. The van der Waals surface area contributed by atoms with E-state index in [2.05, 4.69) is 10.3 Å². The zero-order valence-electron chi connectivity index (χ0n) is 16.0. The minimum atomic E-state index is -0.856. The number of carbonyl (C=O) groups excluding carboxylic acids is 3. The average molecular weight is 386 g/mol.